The van der Waals surface area contributed by atoms with Gasteiger partial charge in [-0.15, -0.1) is 11.6 Å². The van der Waals surface area contributed by atoms with Crippen LogP contribution in [0.25, 0.3) is 28.2 Å². The molecule has 0 aliphatic carbocycles. The number of aromatic nitrogens is 4. The Balaban J connectivity index is 1.69. The minimum Gasteiger partial charge on any atom is -0.383 e. The van der Waals surface area contributed by atoms with E-state index >= 15 is 0 Å². The van der Waals surface area contributed by atoms with Gasteiger partial charge >= 0.3 is 0 Å². The molecule has 1 aliphatic rings. The largest absolute Gasteiger partial charge is 0.383 e. The van der Waals surface area contributed by atoms with Gasteiger partial charge in [0.15, 0.2) is 11.5 Å². The summed E-state index contributed by atoms with van der Waals surface area (Å²) in [7, 11) is 0. The standard InChI is InChI=1S/C23H22ClN7O/c24-14-15-3-5-16(6-4-15)31-22(17-2-1-10-27-21(17)25)28-18-7-8-19(29-23(18)31)30-12-9-20(32)26-11-13-30/h1-8,10H,9,11-14H2,(H2,25,27)(H,26,32). The van der Waals surface area contributed by atoms with Gasteiger partial charge in [0, 0.05) is 43.8 Å². The summed E-state index contributed by atoms with van der Waals surface area (Å²) in [4.78, 5) is 27.9. The van der Waals surface area contributed by atoms with Crippen molar-refractivity contribution in [3.05, 3.63) is 60.3 Å². The minimum atomic E-state index is 0.0624. The lowest BCUT2D eigenvalue weighted by molar-refractivity contribution is -0.120. The first-order chi connectivity index (χ1) is 15.6. The number of nitrogens with two attached hydrogens (primary N) is 1. The molecule has 0 atom stereocenters. The van der Waals surface area contributed by atoms with Gasteiger partial charge in [-0.1, -0.05) is 12.1 Å². The summed E-state index contributed by atoms with van der Waals surface area (Å²) < 4.78 is 1.99. The molecule has 5 rings (SSSR count). The first-order valence-electron chi connectivity index (χ1n) is 10.4. The van der Waals surface area contributed by atoms with Gasteiger partial charge in [-0.3, -0.25) is 9.36 Å². The summed E-state index contributed by atoms with van der Waals surface area (Å²) in [6.45, 7) is 1.91. The van der Waals surface area contributed by atoms with Crippen molar-refractivity contribution >= 4 is 40.3 Å². The first-order valence-corrected chi connectivity index (χ1v) is 10.9. The highest BCUT2D eigenvalue weighted by atomic mass is 35.5. The van der Waals surface area contributed by atoms with Gasteiger partial charge < -0.3 is 16.0 Å². The maximum absolute atomic E-state index is 11.8. The highest BCUT2D eigenvalue weighted by Gasteiger charge is 2.20. The Labute approximate surface area is 190 Å². The van der Waals surface area contributed by atoms with Crippen molar-refractivity contribution in [1.29, 1.82) is 0 Å². The maximum Gasteiger partial charge on any atom is 0.221 e. The van der Waals surface area contributed by atoms with Gasteiger partial charge in [0.25, 0.3) is 0 Å². The van der Waals surface area contributed by atoms with E-state index < -0.39 is 0 Å². The molecular weight excluding hydrogens is 426 g/mol. The molecule has 1 aromatic carbocycles. The number of nitrogens with zero attached hydrogens (tertiary/aromatic N) is 5. The Bertz CT molecular complexity index is 1290. The van der Waals surface area contributed by atoms with Gasteiger partial charge in [0.05, 0.1) is 5.56 Å². The van der Waals surface area contributed by atoms with Crippen LogP contribution in [0, 0.1) is 0 Å². The number of imidazole rings is 1. The number of anilines is 2. The molecule has 4 aromatic rings. The summed E-state index contributed by atoms with van der Waals surface area (Å²) in [6.07, 6.45) is 2.10. The summed E-state index contributed by atoms with van der Waals surface area (Å²) in [5.41, 5.74) is 10.3. The van der Waals surface area contributed by atoms with Crippen LogP contribution >= 0.6 is 11.6 Å². The second-order valence-corrected chi connectivity index (χ2v) is 7.87. The number of hydrogen-bond donors (Lipinski definition) is 2. The number of carbonyl (C=O) groups excluding carboxylic acids is 1. The van der Waals surface area contributed by atoms with Gasteiger partial charge in [0.1, 0.15) is 17.2 Å². The maximum atomic E-state index is 11.8. The Morgan fingerprint density at radius 2 is 1.91 bits per heavy atom. The lowest BCUT2D eigenvalue weighted by Crippen LogP contribution is -2.29. The molecule has 1 saturated heterocycles. The van der Waals surface area contributed by atoms with E-state index in [4.69, 9.17) is 27.3 Å². The number of halogens is 1. The minimum absolute atomic E-state index is 0.0624. The van der Waals surface area contributed by atoms with Crippen molar-refractivity contribution < 1.29 is 4.79 Å². The normalized spacial score (nSPS) is 14.4. The van der Waals surface area contributed by atoms with Crippen LogP contribution in [0.15, 0.2) is 54.7 Å². The third-order valence-corrected chi connectivity index (χ3v) is 5.86. The number of hydrogen-bond acceptors (Lipinski definition) is 6. The van der Waals surface area contributed by atoms with Gasteiger partial charge in [-0.05, 0) is 42.0 Å². The Hall–Kier alpha value is -3.65. The van der Waals surface area contributed by atoms with E-state index in [0.717, 1.165) is 28.1 Å². The third-order valence-electron chi connectivity index (χ3n) is 5.55. The average Bonchev–Trinajstić information content (AvgIpc) is 3.05. The van der Waals surface area contributed by atoms with Crippen LogP contribution in [0.4, 0.5) is 11.6 Å². The number of nitrogen functional groups attached to an aromatic ring is 1. The van der Waals surface area contributed by atoms with Crippen molar-refractivity contribution in [1.82, 2.24) is 24.8 Å². The molecule has 0 spiro atoms. The van der Waals surface area contributed by atoms with Crippen molar-refractivity contribution in [3.63, 3.8) is 0 Å². The molecule has 32 heavy (non-hydrogen) atoms. The van der Waals surface area contributed by atoms with E-state index in [2.05, 4.69) is 15.2 Å². The molecule has 9 heteroatoms. The molecule has 162 valence electrons. The topological polar surface area (TPSA) is 102 Å². The van der Waals surface area contributed by atoms with E-state index in [1.165, 1.54) is 0 Å². The van der Waals surface area contributed by atoms with Crippen LogP contribution in [0.3, 0.4) is 0 Å². The van der Waals surface area contributed by atoms with Gasteiger partial charge in [-0.25, -0.2) is 15.0 Å². The number of amides is 1. The van der Waals surface area contributed by atoms with Crippen molar-refractivity contribution in [2.24, 2.45) is 0 Å². The number of benzene rings is 1. The molecule has 1 aliphatic heterocycles. The fraction of sp³-hybridized carbons (Fsp3) is 0.217. The molecule has 0 bridgehead atoms. The highest BCUT2D eigenvalue weighted by Crippen LogP contribution is 2.31. The number of carbonyl (C=O) groups is 1. The van der Waals surface area contributed by atoms with Crippen LogP contribution in [-0.4, -0.2) is 45.1 Å². The Morgan fingerprint density at radius 3 is 2.69 bits per heavy atom. The zero-order chi connectivity index (χ0) is 22.1. The quantitative estimate of drug-likeness (QED) is 0.466. The number of fused-ring (bicyclic) bond motifs is 1. The van der Waals surface area contributed by atoms with E-state index in [0.29, 0.717) is 49.2 Å². The fourth-order valence-corrected chi connectivity index (χ4v) is 4.06. The molecule has 4 heterocycles. The molecule has 3 aromatic heterocycles. The van der Waals surface area contributed by atoms with Crippen molar-refractivity contribution in [3.8, 4) is 17.1 Å². The lowest BCUT2D eigenvalue weighted by Gasteiger charge is -2.20. The van der Waals surface area contributed by atoms with Crippen LogP contribution < -0.4 is 16.0 Å². The van der Waals surface area contributed by atoms with Crippen LogP contribution in [-0.2, 0) is 10.7 Å². The monoisotopic (exact) mass is 447 g/mol. The van der Waals surface area contributed by atoms with Crippen LogP contribution in [0.2, 0.25) is 0 Å². The molecule has 0 saturated carbocycles. The van der Waals surface area contributed by atoms with Gasteiger partial charge in [0.2, 0.25) is 5.91 Å². The van der Waals surface area contributed by atoms with E-state index in [1.807, 2.05) is 53.1 Å². The van der Waals surface area contributed by atoms with E-state index in [-0.39, 0.29) is 5.91 Å². The van der Waals surface area contributed by atoms with E-state index in [1.54, 1.807) is 6.20 Å². The number of nitrogens with one attached hydrogen (secondary N) is 1. The van der Waals surface area contributed by atoms with Crippen molar-refractivity contribution in [2.45, 2.75) is 12.3 Å². The summed E-state index contributed by atoms with van der Waals surface area (Å²) >= 11 is 5.99. The van der Waals surface area contributed by atoms with Crippen molar-refractivity contribution in [2.75, 3.05) is 30.3 Å². The molecule has 1 amide bonds. The predicted octanol–water partition coefficient (Wildman–Crippen LogP) is 3.13. The molecule has 8 nitrogen and oxygen atoms in total. The molecular formula is C23H22ClN7O. The van der Waals surface area contributed by atoms with Crippen LogP contribution in [0.5, 0.6) is 0 Å². The number of pyridine rings is 2. The zero-order valence-corrected chi connectivity index (χ0v) is 18.1. The number of rotatable bonds is 4. The van der Waals surface area contributed by atoms with E-state index in [9.17, 15) is 4.79 Å². The highest BCUT2D eigenvalue weighted by molar-refractivity contribution is 6.17. The smallest absolute Gasteiger partial charge is 0.221 e. The second-order valence-electron chi connectivity index (χ2n) is 7.61. The third kappa shape index (κ3) is 3.73. The molecule has 0 radical (unpaired) electrons. The first kappa shape index (κ1) is 20.3. The predicted molar refractivity (Wildman–Crippen MR) is 126 cm³/mol. The fourth-order valence-electron chi connectivity index (χ4n) is 3.89. The summed E-state index contributed by atoms with van der Waals surface area (Å²) in [6, 6.07) is 15.6. The summed E-state index contributed by atoms with van der Waals surface area (Å²) in [5, 5.41) is 2.90. The second kappa shape index (κ2) is 8.47. The summed E-state index contributed by atoms with van der Waals surface area (Å²) in [5.74, 6) is 2.38. The molecule has 3 N–H and O–H groups in total. The zero-order valence-electron chi connectivity index (χ0n) is 17.3. The average molecular weight is 448 g/mol. The number of alkyl halides is 1. The van der Waals surface area contributed by atoms with Gasteiger partial charge in [-0.2, -0.15) is 0 Å². The Morgan fingerprint density at radius 1 is 1.06 bits per heavy atom. The Kier molecular flexibility index (Phi) is 5.36. The molecule has 1 fully saturated rings. The lowest BCUT2D eigenvalue weighted by atomic mass is 10.2. The SMILES string of the molecule is Nc1ncccc1-c1nc2ccc(N3CCNC(=O)CC3)nc2n1-c1ccc(CCl)cc1. The molecule has 0 unspecified atom stereocenters. The van der Waals surface area contributed by atoms with Crippen LogP contribution in [0.1, 0.15) is 12.0 Å².